The first-order chi connectivity index (χ1) is 19.8. The molecule has 4 heterocycles. The number of likely N-dealkylation sites (tertiary alicyclic amines) is 1. The third-order valence-electron chi connectivity index (χ3n) is 6.66. The lowest BCUT2D eigenvalue weighted by Gasteiger charge is -2.24. The van der Waals surface area contributed by atoms with Crippen LogP contribution >= 0.6 is 11.3 Å². The molecule has 4 aromatic rings. The zero-order valence-electron chi connectivity index (χ0n) is 23.4. The molecule has 1 saturated heterocycles. The number of alkyl halides is 3. The second-order valence-electron chi connectivity index (χ2n) is 11.0. The Morgan fingerprint density at radius 3 is 2.52 bits per heavy atom. The van der Waals surface area contributed by atoms with E-state index in [1.54, 1.807) is 36.6 Å². The molecule has 2 atom stereocenters. The fourth-order valence-corrected chi connectivity index (χ4v) is 5.40. The minimum atomic E-state index is -4.40. The minimum Gasteiger partial charge on any atom is -0.444 e. The highest BCUT2D eigenvalue weighted by atomic mass is 32.1. The number of pyridine rings is 1. The highest BCUT2D eigenvalue weighted by Crippen LogP contribution is 2.32. The fourth-order valence-electron chi connectivity index (χ4n) is 4.56. The molecule has 2 amide bonds. The molecular weight excluding hydrogens is 571 g/mol. The van der Waals surface area contributed by atoms with Crippen molar-refractivity contribution in [1.82, 2.24) is 29.7 Å². The van der Waals surface area contributed by atoms with E-state index in [-0.39, 0.29) is 23.7 Å². The van der Waals surface area contributed by atoms with Gasteiger partial charge in [-0.25, -0.2) is 19.7 Å². The number of aromatic nitrogens is 4. The number of fused-ring (bicyclic) bond motifs is 1. The van der Waals surface area contributed by atoms with E-state index in [2.05, 4.69) is 25.6 Å². The van der Waals surface area contributed by atoms with Gasteiger partial charge in [0.15, 0.2) is 5.13 Å². The number of hydrogen-bond acceptors (Lipinski definition) is 8. The fraction of sp³-hybridized carbons (Fsp3) is 0.393. The summed E-state index contributed by atoms with van der Waals surface area (Å²) >= 11 is 1.28. The molecule has 2 N–H and O–H groups in total. The van der Waals surface area contributed by atoms with E-state index < -0.39 is 23.4 Å². The Balaban J connectivity index is 1.23. The van der Waals surface area contributed by atoms with Gasteiger partial charge in [-0.15, -0.1) is 0 Å². The van der Waals surface area contributed by atoms with Crippen LogP contribution in [0.15, 0.2) is 49.1 Å². The Kier molecular flexibility index (Phi) is 7.84. The maximum absolute atomic E-state index is 13.1. The molecule has 0 unspecified atom stereocenters. The lowest BCUT2D eigenvalue weighted by molar-refractivity contribution is -0.137. The van der Waals surface area contributed by atoms with E-state index >= 15 is 0 Å². The van der Waals surface area contributed by atoms with Crippen LogP contribution in [0, 0.1) is 0 Å². The zero-order chi connectivity index (χ0) is 30.2. The number of nitrogens with one attached hydrogen (secondary N) is 2. The Labute approximate surface area is 243 Å². The molecular formula is C28H30F3N7O3S. The van der Waals surface area contributed by atoms with E-state index in [9.17, 15) is 22.8 Å². The molecule has 0 aliphatic carbocycles. The first-order valence-corrected chi connectivity index (χ1v) is 14.1. The Hall–Kier alpha value is -4.20. The van der Waals surface area contributed by atoms with Crippen LogP contribution in [0.5, 0.6) is 0 Å². The second kappa shape index (κ2) is 11.2. The van der Waals surface area contributed by atoms with Gasteiger partial charge in [0.1, 0.15) is 16.8 Å². The van der Waals surface area contributed by atoms with Crippen molar-refractivity contribution in [3.05, 3.63) is 65.2 Å². The molecule has 3 aromatic heterocycles. The number of ether oxygens (including phenoxy) is 1. The van der Waals surface area contributed by atoms with Gasteiger partial charge in [0.25, 0.3) is 5.91 Å². The van der Waals surface area contributed by atoms with Crippen LogP contribution in [0.2, 0.25) is 0 Å². The summed E-state index contributed by atoms with van der Waals surface area (Å²) < 4.78 is 45.9. The molecule has 0 spiro atoms. The van der Waals surface area contributed by atoms with Crippen molar-refractivity contribution in [3.8, 4) is 0 Å². The lowest BCUT2D eigenvalue weighted by Crippen LogP contribution is -2.35. The summed E-state index contributed by atoms with van der Waals surface area (Å²) in [6, 6.07) is 5.93. The van der Waals surface area contributed by atoms with Crippen LogP contribution in [0.4, 0.5) is 28.8 Å². The minimum absolute atomic E-state index is 0.0208. The Bertz CT molecular complexity index is 1590. The quantitative estimate of drug-likeness (QED) is 0.266. The third kappa shape index (κ3) is 6.64. The molecule has 5 rings (SSSR count). The van der Waals surface area contributed by atoms with Crippen molar-refractivity contribution >= 4 is 45.2 Å². The smallest absolute Gasteiger partial charge is 0.416 e. The number of halogens is 3. The third-order valence-corrected chi connectivity index (χ3v) is 7.76. The summed E-state index contributed by atoms with van der Waals surface area (Å²) in [5.41, 5.74) is 0.740. The number of nitrogens with zero attached hydrogens (tertiary/aromatic N) is 5. The van der Waals surface area contributed by atoms with Crippen molar-refractivity contribution in [2.24, 2.45) is 0 Å². The Morgan fingerprint density at radius 1 is 1.10 bits per heavy atom. The van der Waals surface area contributed by atoms with Gasteiger partial charge in [-0.2, -0.15) is 13.2 Å². The lowest BCUT2D eigenvalue weighted by atomic mass is 10.2. The summed E-state index contributed by atoms with van der Waals surface area (Å²) in [5.74, 6) is -0.385. The van der Waals surface area contributed by atoms with Crippen molar-refractivity contribution in [3.63, 3.8) is 0 Å². The van der Waals surface area contributed by atoms with Gasteiger partial charge in [0.05, 0.1) is 35.7 Å². The number of rotatable bonds is 6. The normalized spacial score (nSPS) is 16.5. The average Bonchev–Trinajstić information content (AvgIpc) is 3.66. The molecule has 1 aliphatic rings. The number of thiazole rings is 1. The molecule has 14 heteroatoms. The summed E-state index contributed by atoms with van der Waals surface area (Å²) in [7, 11) is 0. The highest BCUT2D eigenvalue weighted by molar-refractivity contribution is 7.15. The molecule has 222 valence electrons. The van der Waals surface area contributed by atoms with E-state index in [4.69, 9.17) is 4.74 Å². The van der Waals surface area contributed by atoms with Crippen molar-refractivity contribution in [2.45, 2.75) is 58.0 Å². The number of carbonyl (C=O) groups is 2. The van der Waals surface area contributed by atoms with Gasteiger partial charge in [-0.3, -0.25) is 4.79 Å². The van der Waals surface area contributed by atoms with Crippen molar-refractivity contribution < 1.29 is 27.5 Å². The number of benzene rings is 1. The van der Waals surface area contributed by atoms with Crippen LogP contribution in [-0.4, -0.2) is 55.1 Å². The number of imidazole rings is 1. The van der Waals surface area contributed by atoms with Gasteiger partial charge < -0.3 is 24.8 Å². The van der Waals surface area contributed by atoms with Gasteiger partial charge in [-0.1, -0.05) is 11.3 Å². The largest absolute Gasteiger partial charge is 0.444 e. The van der Waals surface area contributed by atoms with Crippen molar-refractivity contribution in [1.29, 1.82) is 0 Å². The van der Waals surface area contributed by atoms with Gasteiger partial charge in [-0.05, 0) is 64.4 Å². The first kappa shape index (κ1) is 29.3. The highest BCUT2D eigenvalue weighted by Gasteiger charge is 2.32. The standard InChI is InChI=1S/C28H30F3N7O3S/c1-16(23-13-33-25(42-23)36-18-7-5-17(6-8-18)28(29,30)31)35-24(39)20-11-22-21(12-32-20)34-15-38(22)19-9-10-37(14-19)26(40)41-27(2,3)4/h5-8,11-13,15-16,19H,9-10,14H2,1-4H3,(H,33,36)(H,35,39)/t16-,19+/m1/s1. The van der Waals surface area contributed by atoms with Crippen LogP contribution in [0.25, 0.3) is 11.0 Å². The number of carbonyl (C=O) groups excluding carboxylic acids is 2. The number of amides is 2. The predicted molar refractivity (Wildman–Crippen MR) is 152 cm³/mol. The number of hydrogen-bond donors (Lipinski definition) is 2. The van der Waals surface area contributed by atoms with E-state index in [0.717, 1.165) is 28.9 Å². The molecule has 1 fully saturated rings. The van der Waals surface area contributed by atoms with E-state index in [0.29, 0.717) is 29.4 Å². The second-order valence-corrected chi connectivity index (χ2v) is 12.1. The first-order valence-electron chi connectivity index (χ1n) is 13.3. The monoisotopic (exact) mass is 601 g/mol. The topological polar surface area (TPSA) is 114 Å². The molecule has 10 nitrogen and oxygen atoms in total. The molecule has 1 aromatic carbocycles. The van der Waals surface area contributed by atoms with Crippen LogP contribution in [-0.2, 0) is 10.9 Å². The Morgan fingerprint density at radius 2 is 1.83 bits per heavy atom. The van der Waals surface area contributed by atoms with E-state index in [1.807, 2.05) is 25.3 Å². The molecule has 0 bridgehead atoms. The van der Waals surface area contributed by atoms with Crippen LogP contribution in [0.1, 0.15) is 67.1 Å². The van der Waals surface area contributed by atoms with Crippen LogP contribution < -0.4 is 10.6 Å². The molecule has 1 aliphatic heterocycles. The van der Waals surface area contributed by atoms with Gasteiger partial charge >= 0.3 is 12.3 Å². The average molecular weight is 602 g/mol. The maximum atomic E-state index is 13.1. The molecule has 0 radical (unpaired) electrons. The molecule has 0 saturated carbocycles. The summed E-state index contributed by atoms with van der Waals surface area (Å²) in [4.78, 5) is 41.0. The van der Waals surface area contributed by atoms with E-state index in [1.165, 1.54) is 23.5 Å². The van der Waals surface area contributed by atoms with Gasteiger partial charge in [0, 0.05) is 29.9 Å². The van der Waals surface area contributed by atoms with Gasteiger partial charge in [0.2, 0.25) is 0 Å². The summed E-state index contributed by atoms with van der Waals surface area (Å²) in [5, 5.41) is 6.39. The van der Waals surface area contributed by atoms with Crippen molar-refractivity contribution in [2.75, 3.05) is 18.4 Å². The predicted octanol–water partition coefficient (Wildman–Crippen LogP) is 6.32. The zero-order valence-corrected chi connectivity index (χ0v) is 24.2. The SMILES string of the molecule is C[C@@H](NC(=O)c1cc2c(cn1)ncn2[C@H]1CCN(C(=O)OC(C)(C)C)C1)c1cnc(Nc2ccc(C(F)(F)F)cc2)s1. The van der Waals surface area contributed by atoms with Crippen LogP contribution in [0.3, 0.4) is 0 Å². The number of anilines is 2. The molecule has 42 heavy (non-hydrogen) atoms. The summed E-state index contributed by atoms with van der Waals surface area (Å²) in [6.45, 7) is 8.32. The maximum Gasteiger partial charge on any atom is 0.416 e. The summed E-state index contributed by atoms with van der Waals surface area (Å²) in [6.07, 6.45) is 0.807.